The molecule has 0 radical (unpaired) electrons. The molecule has 2 saturated heterocycles. The number of carbonyl (C=O) groups excluding carboxylic acids is 1. The largest absolute Gasteiger partial charge is 0.416 e. The van der Waals surface area contributed by atoms with Crippen LogP contribution in [0.15, 0.2) is 24.4 Å². The maximum absolute atomic E-state index is 13.0. The quantitative estimate of drug-likeness (QED) is 0.805. The van der Waals surface area contributed by atoms with Crippen molar-refractivity contribution in [3.8, 4) is 0 Å². The predicted octanol–water partition coefficient (Wildman–Crippen LogP) is 2.49. The van der Waals surface area contributed by atoms with Crippen molar-refractivity contribution in [1.82, 2.24) is 19.7 Å². The van der Waals surface area contributed by atoms with E-state index in [0.29, 0.717) is 31.1 Å². The zero-order valence-electron chi connectivity index (χ0n) is 15.1. The highest BCUT2D eigenvalue weighted by atomic mass is 19.4. The Balaban J connectivity index is 1.53. The van der Waals surface area contributed by atoms with Gasteiger partial charge in [-0.05, 0) is 31.5 Å². The lowest BCUT2D eigenvalue weighted by Crippen LogP contribution is -2.40. The molecule has 2 atom stereocenters. The molecule has 0 aliphatic carbocycles. The van der Waals surface area contributed by atoms with Crippen LogP contribution in [0.2, 0.25) is 0 Å². The molecule has 0 bridgehead atoms. The second kappa shape index (κ2) is 6.24. The van der Waals surface area contributed by atoms with Crippen molar-refractivity contribution in [3.63, 3.8) is 0 Å². The van der Waals surface area contributed by atoms with Gasteiger partial charge < -0.3 is 9.80 Å². The fraction of sp³-hybridized carbons (Fsp3) is 0.500. The van der Waals surface area contributed by atoms with Gasteiger partial charge in [-0.2, -0.15) is 18.3 Å². The number of alkyl halides is 3. The smallest absolute Gasteiger partial charge is 0.354 e. The third-order valence-electron chi connectivity index (χ3n) is 5.54. The van der Waals surface area contributed by atoms with Crippen LogP contribution >= 0.6 is 0 Å². The Labute approximate surface area is 154 Å². The van der Waals surface area contributed by atoms with Crippen LogP contribution in [0, 0.1) is 12.8 Å². The van der Waals surface area contributed by atoms with E-state index < -0.39 is 11.7 Å². The molecule has 0 aromatic carbocycles. The average Bonchev–Trinajstić information content (AvgIpc) is 3.28. The zero-order chi connectivity index (χ0) is 19.3. The molecule has 27 heavy (non-hydrogen) atoms. The molecule has 2 aromatic heterocycles. The van der Waals surface area contributed by atoms with Crippen LogP contribution in [0.25, 0.3) is 0 Å². The van der Waals surface area contributed by atoms with E-state index in [1.165, 1.54) is 6.20 Å². The summed E-state index contributed by atoms with van der Waals surface area (Å²) >= 11 is 0. The van der Waals surface area contributed by atoms with Crippen LogP contribution in [-0.4, -0.2) is 51.2 Å². The number of rotatable bonds is 2. The summed E-state index contributed by atoms with van der Waals surface area (Å²) in [5, 5.41) is 4.26. The van der Waals surface area contributed by atoms with Crippen LogP contribution in [0.3, 0.4) is 0 Å². The van der Waals surface area contributed by atoms with Crippen molar-refractivity contribution in [1.29, 1.82) is 0 Å². The van der Waals surface area contributed by atoms with Crippen molar-refractivity contribution in [2.75, 3.05) is 24.5 Å². The number of nitrogens with zero attached hydrogens (tertiary/aromatic N) is 5. The molecule has 2 unspecified atom stereocenters. The maximum atomic E-state index is 13.0. The first-order valence-corrected chi connectivity index (χ1v) is 8.84. The van der Waals surface area contributed by atoms with E-state index in [1.54, 1.807) is 22.7 Å². The zero-order valence-corrected chi connectivity index (χ0v) is 15.1. The van der Waals surface area contributed by atoms with Crippen molar-refractivity contribution in [3.05, 3.63) is 41.3 Å². The number of halogens is 3. The molecular formula is C18H20F3N5O. The molecule has 0 saturated carbocycles. The van der Waals surface area contributed by atoms with Crippen LogP contribution in [0.4, 0.5) is 19.0 Å². The van der Waals surface area contributed by atoms with E-state index in [2.05, 4.69) is 10.1 Å². The Kier molecular flexibility index (Phi) is 4.12. The van der Waals surface area contributed by atoms with Gasteiger partial charge >= 0.3 is 6.18 Å². The van der Waals surface area contributed by atoms with Gasteiger partial charge in [0.1, 0.15) is 5.82 Å². The number of hydrogen-bond acceptors (Lipinski definition) is 4. The number of aryl methyl sites for hydroxylation is 2. The molecule has 4 heterocycles. The molecule has 4 rings (SSSR count). The maximum Gasteiger partial charge on any atom is 0.416 e. The lowest BCUT2D eigenvalue weighted by Gasteiger charge is -2.25. The minimum Gasteiger partial charge on any atom is -0.354 e. The average molecular weight is 379 g/mol. The molecule has 9 heteroatoms. The van der Waals surface area contributed by atoms with Gasteiger partial charge in [0.05, 0.1) is 11.6 Å². The molecule has 2 aliphatic heterocycles. The van der Waals surface area contributed by atoms with Crippen LogP contribution in [0.1, 0.15) is 28.2 Å². The molecule has 1 amide bonds. The highest BCUT2D eigenvalue weighted by Crippen LogP contribution is 2.36. The first-order valence-electron chi connectivity index (χ1n) is 8.84. The van der Waals surface area contributed by atoms with Gasteiger partial charge in [0.2, 0.25) is 0 Å². The minimum atomic E-state index is -4.40. The summed E-state index contributed by atoms with van der Waals surface area (Å²) in [6.45, 7) is 3.61. The third-order valence-corrected chi connectivity index (χ3v) is 5.54. The number of amides is 1. The highest BCUT2D eigenvalue weighted by Gasteiger charge is 2.44. The van der Waals surface area contributed by atoms with E-state index in [1.807, 2.05) is 11.8 Å². The standard InChI is InChI=1S/C18H20F3N5O/c1-11-7-14(23-24(11)2)17(27)26-6-4-12-9-25(10-15(12)26)16-8-13(3-5-22-16)18(19,20)21/h3,5,7-8,12,15H,4,6,9-10H2,1-2H3. The highest BCUT2D eigenvalue weighted by molar-refractivity contribution is 5.93. The molecular weight excluding hydrogens is 359 g/mol. The summed E-state index contributed by atoms with van der Waals surface area (Å²) in [7, 11) is 1.79. The first kappa shape index (κ1) is 17.8. The molecule has 0 spiro atoms. The Hall–Kier alpha value is -2.58. The van der Waals surface area contributed by atoms with Gasteiger partial charge in [-0.1, -0.05) is 0 Å². The summed E-state index contributed by atoms with van der Waals surface area (Å²) in [5.41, 5.74) is 0.600. The Bertz CT molecular complexity index is 859. The van der Waals surface area contributed by atoms with Crippen molar-refractivity contribution in [2.45, 2.75) is 25.6 Å². The Morgan fingerprint density at radius 1 is 1.26 bits per heavy atom. The van der Waals surface area contributed by atoms with Crippen molar-refractivity contribution in [2.24, 2.45) is 13.0 Å². The number of pyridine rings is 1. The monoisotopic (exact) mass is 379 g/mol. The van der Waals surface area contributed by atoms with E-state index in [4.69, 9.17) is 0 Å². The van der Waals surface area contributed by atoms with E-state index in [0.717, 1.165) is 24.2 Å². The number of likely N-dealkylation sites (tertiary alicyclic amines) is 1. The van der Waals surface area contributed by atoms with Gasteiger partial charge in [-0.25, -0.2) is 4.98 Å². The van der Waals surface area contributed by atoms with E-state index >= 15 is 0 Å². The molecule has 2 aromatic rings. The fourth-order valence-electron chi connectivity index (χ4n) is 3.98. The molecule has 6 nitrogen and oxygen atoms in total. The number of carbonyl (C=O) groups is 1. The molecule has 0 N–H and O–H groups in total. The lowest BCUT2D eigenvalue weighted by atomic mass is 10.1. The van der Waals surface area contributed by atoms with Crippen LogP contribution in [0.5, 0.6) is 0 Å². The van der Waals surface area contributed by atoms with E-state index in [-0.39, 0.29) is 17.9 Å². The SMILES string of the molecule is Cc1cc(C(=O)N2CCC3CN(c4cc(C(F)(F)F)ccn4)CC32)nn1C. The minimum absolute atomic E-state index is 0.0313. The number of aromatic nitrogens is 3. The predicted molar refractivity (Wildman–Crippen MR) is 92.3 cm³/mol. The van der Waals surface area contributed by atoms with Crippen LogP contribution < -0.4 is 4.90 Å². The van der Waals surface area contributed by atoms with Gasteiger partial charge in [-0.3, -0.25) is 9.48 Å². The van der Waals surface area contributed by atoms with Gasteiger partial charge in [0.25, 0.3) is 5.91 Å². The van der Waals surface area contributed by atoms with Gasteiger partial charge in [0.15, 0.2) is 5.69 Å². The third kappa shape index (κ3) is 3.15. The summed E-state index contributed by atoms with van der Waals surface area (Å²) < 4.78 is 40.6. The summed E-state index contributed by atoms with van der Waals surface area (Å²) in [5.74, 6) is 0.417. The van der Waals surface area contributed by atoms with Crippen molar-refractivity contribution < 1.29 is 18.0 Å². The number of fused-ring (bicyclic) bond motifs is 1. The second-order valence-electron chi connectivity index (χ2n) is 7.21. The normalized spacial score (nSPS) is 22.4. The fourth-order valence-corrected chi connectivity index (χ4v) is 3.98. The molecule has 2 aliphatic rings. The van der Waals surface area contributed by atoms with E-state index in [9.17, 15) is 18.0 Å². The topological polar surface area (TPSA) is 54.3 Å². The molecule has 144 valence electrons. The summed E-state index contributed by atoms with van der Waals surface area (Å²) in [6, 6.07) is 3.78. The second-order valence-corrected chi connectivity index (χ2v) is 7.21. The van der Waals surface area contributed by atoms with Crippen molar-refractivity contribution >= 4 is 11.7 Å². The van der Waals surface area contributed by atoms with Gasteiger partial charge in [0, 0.05) is 44.5 Å². The number of anilines is 1. The molecule has 2 fully saturated rings. The first-order chi connectivity index (χ1) is 12.7. The Morgan fingerprint density at radius 3 is 2.70 bits per heavy atom. The van der Waals surface area contributed by atoms with Crippen LogP contribution in [-0.2, 0) is 13.2 Å². The summed E-state index contributed by atoms with van der Waals surface area (Å²) in [6.07, 6.45) is -2.38. The summed E-state index contributed by atoms with van der Waals surface area (Å²) in [4.78, 5) is 20.6. The number of hydrogen-bond donors (Lipinski definition) is 0. The van der Waals surface area contributed by atoms with Gasteiger partial charge in [-0.15, -0.1) is 0 Å². The Morgan fingerprint density at radius 2 is 2.04 bits per heavy atom. The lowest BCUT2D eigenvalue weighted by molar-refractivity contribution is -0.137.